The van der Waals surface area contributed by atoms with Gasteiger partial charge >= 0.3 is 6.18 Å². The topological polar surface area (TPSA) is 84.2 Å². The zero-order chi connectivity index (χ0) is 14.6. The van der Waals surface area contributed by atoms with Gasteiger partial charge in [-0.05, 0) is 20.3 Å². The van der Waals surface area contributed by atoms with Crippen molar-refractivity contribution in [3.8, 4) is 0 Å². The van der Waals surface area contributed by atoms with Gasteiger partial charge in [-0.3, -0.25) is 9.59 Å². The van der Waals surface area contributed by atoms with Crippen molar-refractivity contribution in [3.63, 3.8) is 0 Å². The summed E-state index contributed by atoms with van der Waals surface area (Å²) in [6.07, 6.45) is -4.19. The first-order chi connectivity index (χ1) is 8.04. The lowest BCUT2D eigenvalue weighted by Crippen LogP contribution is -2.63. The molecule has 4 N–H and O–H groups in total. The summed E-state index contributed by atoms with van der Waals surface area (Å²) >= 11 is 0. The van der Waals surface area contributed by atoms with E-state index in [0.29, 0.717) is 19.9 Å². The summed E-state index contributed by atoms with van der Waals surface area (Å²) in [5.41, 5.74) is 1.90. The molecular formula is C10H18F3N3O2. The maximum Gasteiger partial charge on any atom is 0.415 e. The average Bonchev–Trinajstić information content (AvgIpc) is 2.23. The summed E-state index contributed by atoms with van der Waals surface area (Å²) in [6.45, 7) is 4.05. The molecular weight excluding hydrogens is 251 g/mol. The maximum atomic E-state index is 12.5. The number of nitrogens with two attached hydrogens (primary N) is 1. The van der Waals surface area contributed by atoms with Crippen LogP contribution >= 0.6 is 0 Å². The SMILES string of the molecule is CCCNC(=O)C(C)NC(=O)C(C)(N)C(F)(F)F. The Morgan fingerprint density at radius 2 is 1.83 bits per heavy atom. The molecule has 106 valence electrons. The van der Waals surface area contributed by atoms with Crippen LogP contribution in [0, 0.1) is 0 Å². The van der Waals surface area contributed by atoms with Crippen molar-refractivity contribution in [2.45, 2.75) is 44.9 Å². The lowest BCUT2D eigenvalue weighted by molar-refractivity contribution is -0.188. The van der Waals surface area contributed by atoms with Crippen molar-refractivity contribution in [1.82, 2.24) is 10.6 Å². The molecule has 0 aliphatic carbocycles. The van der Waals surface area contributed by atoms with E-state index >= 15 is 0 Å². The Kier molecular flexibility index (Phi) is 5.59. The minimum Gasteiger partial charge on any atom is -0.354 e. The Balaban J connectivity index is 4.53. The zero-order valence-corrected chi connectivity index (χ0v) is 10.5. The van der Waals surface area contributed by atoms with Crippen molar-refractivity contribution in [2.75, 3.05) is 6.54 Å². The molecule has 0 heterocycles. The first-order valence-electron chi connectivity index (χ1n) is 5.48. The number of amides is 2. The van der Waals surface area contributed by atoms with E-state index in [-0.39, 0.29) is 0 Å². The summed E-state index contributed by atoms with van der Waals surface area (Å²) in [6, 6.07) is -1.07. The van der Waals surface area contributed by atoms with Crippen LogP contribution in [0.15, 0.2) is 0 Å². The van der Waals surface area contributed by atoms with E-state index in [1.807, 2.05) is 12.2 Å². The molecule has 8 heteroatoms. The molecule has 2 atom stereocenters. The highest BCUT2D eigenvalue weighted by molar-refractivity contribution is 5.92. The van der Waals surface area contributed by atoms with E-state index in [2.05, 4.69) is 5.32 Å². The third kappa shape index (κ3) is 4.17. The monoisotopic (exact) mass is 269 g/mol. The zero-order valence-electron chi connectivity index (χ0n) is 10.5. The second-order valence-corrected chi connectivity index (χ2v) is 4.19. The molecule has 2 unspecified atom stereocenters. The molecule has 0 spiro atoms. The highest BCUT2D eigenvalue weighted by Gasteiger charge is 2.54. The van der Waals surface area contributed by atoms with Gasteiger partial charge in [-0.15, -0.1) is 0 Å². The highest BCUT2D eigenvalue weighted by atomic mass is 19.4. The molecule has 0 rings (SSSR count). The Hall–Kier alpha value is -1.31. The molecule has 0 aliphatic heterocycles. The molecule has 5 nitrogen and oxygen atoms in total. The number of hydrogen-bond donors (Lipinski definition) is 3. The summed E-state index contributed by atoms with van der Waals surface area (Å²) < 4.78 is 37.4. The number of halogens is 3. The second-order valence-electron chi connectivity index (χ2n) is 4.19. The van der Waals surface area contributed by atoms with Crippen molar-refractivity contribution in [3.05, 3.63) is 0 Å². The van der Waals surface area contributed by atoms with Crippen LogP contribution in [0.1, 0.15) is 27.2 Å². The lowest BCUT2D eigenvalue weighted by Gasteiger charge is -2.27. The Labute approximate surface area is 103 Å². The molecule has 2 amide bonds. The fraction of sp³-hybridized carbons (Fsp3) is 0.800. The number of carbonyl (C=O) groups excluding carboxylic acids is 2. The standard InChI is InChI=1S/C10H18F3N3O2/c1-4-5-15-7(17)6(2)16-8(18)9(3,14)10(11,12)13/h6H,4-5,14H2,1-3H3,(H,15,17)(H,16,18). The van der Waals surface area contributed by atoms with Gasteiger partial charge in [0, 0.05) is 6.54 Å². The van der Waals surface area contributed by atoms with Crippen LogP contribution in [0.4, 0.5) is 13.2 Å². The quantitative estimate of drug-likeness (QED) is 0.671. The van der Waals surface area contributed by atoms with Gasteiger partial charge in [0.05, 0.1) is 0 Å². The molecule has 0 aromatic heterocycles. The van der Waals surface area contributed by atoms with E-state index in [9.17, 15) is 22.8 Å². The minimum atomic E-state index is -4.88. The number of carbonyl (C=O) groups is 2. The van der Waals surface area contributed by atoms with Crippen molar-refractivity contribution in [1.29, 1.82) is 0 Å². The summed E-state index contributed by atoms with van der Waals surface area (Å²) in [4.78, 5) is 22.7. The number of hydrogen-bond acceptors (Lipinski definition) is 3. The van der Waals surface area contributed by atoms with Crippen LogP contribution < -0.4 is 16.4 Å². The second kappa shape index (κ2) is 6.03. The van der Waals surface area contributed by atoms with Gasteiger partial charge in [0.15, 0.2) is 5.54 Å². The van der Waals surface area contributed by atoms with Crippen molar-refractivity contribution < 1.29 is 22.8 Å². The van der Waals surface area contributed by atoms with Crippen molar-refractivity contribution >= 4 is 11.8 Å². The molecule has 0 aromatic carbocycles. The Bertz CT molecular complexity index is 316. The minimum absolute atomic E-state index is 0.387. The van der Waals surface area contributed by atoms with Crippen LogP contribution in [0.2, 0.25) is 0 Å². The van der Waals surface area contributed by atoms with E-state index < -0.39 is 29.6 Å². The predicted molar refractivity (Wildman–Crippen MR) is 59.6 cm³/mol. The Morgan fingerprint density at radius 3 is 2.22 bits per heavy atom. The number of nitrogens with one attached hydrogen (secondary N) is 2. The summed E-state index contributed by atoms with van der Waals surface area (Å²) in [5.74, 6) is -1.99. The Morgan fingerprint density at radius 1 is 1.33 bits per heavy atom. The van der Waals surface area contributed by atoms with Gasteiger partial charge in [0.2, 0.25) is 11.8 Å². The summed E-state index contributed by atoms with van der Waals surface area (Å²) in [5, 5.41) is 4.39. The van der Waals surface area contributed by atoms with E-state index in [1.165, 1.54) is 6.92 Å². The van der Waals surface area contributed by atoms with Crippen LogP contribution in [-0.2, 0) is 9.59 Å². The van der Waals surface area contributed by atoms with Crippen LogP contribution in [0.3, 0.4) is 0 Å². The van der Waals surface area contributed by atoms with Gasteiger partial charge in [0.25, 0.3) is 0 Å². The van der Waals surface area contributed by atoms with Gasteiger partial charge in [-0.25, -0.2) is 0 Å². The van der Waals surface area contributed by atoms with E-state index in [0.717, 1.165) is 0 Å². The maximum absolute atomic E-state index is 12.5. The fourth-order valence-corrected chi connectivity index (χ4v) is 0.942. The van der Waals surface area contributed by atoms with Crippen LogP contribution in [-0.4, -0.2) is 36.1 Å². The third-order valence-corrected chi connectivity index (χ3v) is 2.35. The van der Waals surface area contributed by atoms with Crippen LogP contribution in [0.25, 0.3) is 0 Å². The smallest absolute Gasteiger partial charge is 0.354 e. The first-order valence-corrected chi connectivity index (χ1v) is 5.48. The number of rotatable bonds is 5. The van der Waals surface area contributed by atoms with Gasteiger partial charge in [-0.1, -0.05) is 6.92 Å². The van der Waals surface area contributed by atoms with Gasteiger partial charge in [0.1, 0.15) is 6.04 Å². The van der Waals surface area contributed by atoms with Gasteiger partial charge < -0.3 is 16.4 Å². The third-order valence-electron chi connectivity index (χ3n) is 2.35. The van der Waals surface area contributed by atoms with Crippen LogP contribution in [0.5, 0.6) is 0 Å². The molecule has 0 bridgehead atoms. The molecule has 0 aromatic rings. The number of alkyl halides is 3. The van der Waals surface area contributed by atoms with E-state index in [4.69, 9.17) is 5.73 Å². The first kappa shape index (κ1) is 16.7. The molecule has 0 saturated carbocycles. The normalized spacial score (nSPS) is 16.6. The average molecular weight is 269 g/mol. The highest BCUT2D eigenvalue weighted by Crippen LogP contribution is 2.27. The molecule has 18 heavy (non-hydrogen) atoms. The predicted octanol–water partition coefficient (Wildman–Crippen LogP) is 0.297. The van der Waals surface area contributed by atoms with E-state index in [1.54, 1.807) is 0 Å². The molecule has 0 fully saturated rings. The lowest BCUT2D eigenvalue weighted by atomic mass is 10.0. The largest absolute Gasteiger partial charge is 0.415 e. The molecule has 0 aliphatic rings. The summed E-state index contributed by atoms with van der Waals surface area (Å²) in [7, 11) is 0. The fourth-order valence-electron chi connectivity index (χ4n) is 0.942. The van der Waals surface area contributed by atoms with Gasteiger partial charge in [-0.2, -0.15) is 13.2 Å². The molecule has 0 saturated heterocycles. The molecule has 0 radical (unpaired) electrons. The van der Waals surface area contributed by atoms with Crippen molar-refractivity contribution in [2.24, 2.45) is 5.73 Å².